The lowest BCUT2D eigenvalue weighted by molar-refractivity contribution is -0.140. The number of carbonyl (C=O) groups excluding carboxylic acids is 1. The van der Waals surface area contributed by atoms with Crippen LogP contribution in [0.5, 0.6) is 0 Å². The molecule has 116 valence electrons. The predicted molar refractivity (Wildman–Crippen MR) is 82.2 cm³/mol. The largest absolute Gasteiger partial charge is 0.480 e. The molecule has 0 spiro atoms. The van der Waals surface area contributed by atoms with Gasteiger partial charge in [0.2, 0.25) is 5.91 Å². The highest BCUT2D eigenvalue weighted by molar-refractivity contribution is 6.31. The molecule has 0 fully saturated rings. The van der Waals surface area contributed by atoms with Crippen LogP contribution in [0.4, 0.5) is 0 Å². The SMILES string of the molecule is CC(C)CC(NCC(=O)NCc1ccccc1Cl)C(=O)O. The summed E-state index contributed by atoms with van der Waals surface area (Å²) in [5.74, 6) is -0.961. The first-order valence-electron chi connectivity index (χ1n) is 6.86. The second-order valence-corrected chi connectivity index (χ2v) is 5.68. The molecule has 6 heteroatoms. The molecule has 3 N–H and O–H groups in total. The lowest BCUT2D eigenvalue weighted by Crippen LogP contribution is -2.43. The number of hydrogen-bond acceptors (Lipinski definition) is 3. The van der Waals surface area contributed by atoms with E-state index in [0.29, 0.717) is 18.0 Å². The smallest absolute Gasteiger partial charge is 0.320 e. The summed E-state index contributed by atoms with van der Waals surface area (Å²) in [6, 6.07) is 6.53. The third-order valence-electron chi connectivity index (χ3n) is 2.95. The van der Waals surface area contributed by atoms with E-state index >= 15 is 0 Å². The summed E-state index contributed by atoms with van der Waals surface area (Å²) in [6.07, 6.45) is 0.479. The molecule has 0 bridgehead atoms. The molecule has 1 aromatic carbocycles. The minimum absolute atomic E-state index is 0.0336. The maximum atomic E-state index is 11.7. The molecule has 0 aliphatic heterocycles. The van der Waals surface area contributed by atoms with Crippen molar-refractivity contribution in [1.82, 2.24) is 10.6 Å². The zero-order chi connectivity index (χ0) is 15.8. The van der Waals surface area contributed by atoms with E-state index in [2.05, 4.69) is 10.6 Å². The predicted octanol–water partition coefficient (Wildman–Crippen LogP) is 2.05. The van der Waals surface area contributed by atoms with E-state index in [1.54, 1.807) is 6.07 Å². The summed E-state index contributed by atoms with van der Waals surface area (Å²) in [7, 11) is 0. The molecule has 1 atom stereocenters. The van der Waals surface area contributed by atoms with Crippen LogP contribution in [-0.2, 0) is 16.1 Å². The Kier molecular flexibility index (Phi) is 7.19. The normalized spacial score (nSPS) is 12.2. The first-order valence-corrected chi connectivity index (χ1v) is 7.24. The van der Waals surface area contributed by atoms with Crippen molar-refractivity contribution in [3.63, 3.8) is 0 Å². The molecule has 0 saturated carbocycles. The van der Waals surface area contributed by atoms with Crippen molar-refractivity contribution in [3.05, 3.63) is 34.9 Å². The summed E-state index contributed by atoms with van der Waals surface area (Å²) in [5, 5.41) is 15.1. The van der Waals surface area contributed by atoms with Crippen LogP contribution < -0.4 is 10.6 Å². The van der Waals surface area contributed by atoms with Crippen LogP contribution in [0.2, 0.25) is 5.02 Å². The zero-order valence-electron chi connectivity index (χ0n) is 12.2. The third kappa shape index (κ3) is 6.60. The topological polar surface area (TPSA) is 78.4 Å². The molecule has 1 amide bonds. The number of carboxylic acids is 1. The monoisotopic (exact) mass is 312 g/mol. The van der Waals surface area contributed by atoms with Gasteiger partial charge in [-0.25, -0.2) is 0 Å². The molecule has 21 heavy (non-hydrogen) atoms. The summed E-state index contributed by atoms with van der Waals surface area (Å²) in [6.45, 7) is 4.17. The van der Waals surface area contributed by atoms with E-state index in [9.17, 15) is 9.59 Å². The first-order chi connectivity index (χ1) is 9.90. The van der Waals surface area contributed by atoms with Crippen LogP contribution in [0.1, 0.15) is 25.8 Å². The molecule has 1 unspecified atom stereocenters. The van der Waals surface area contributed by atoms with E-state index < -0.39 is 12.0 Å². The van der Waals surface area contributed by atoms with Crippen molar-refractivity contribution in [1.29, 1.82) is 0 Å². The Morgan fingerprint density at radius 3 is 2.52 bits per heavy atom. The fourth-order valence-electron chi connectivity index (χ4n) is 1.86. The van der Waals surface area contributed by atoms with Gasteiger partial charge >= 0.3 is 5.97 Å². The first kappa shape index (κ1) is 17.5. The second kappa shape index (κ2) is 8.64. The van der Waals surface area contributed by atoms with Crippen LogP contribution >= 0.6 is 11.6 Å². The third-order valence-corrected chi connectivity index (χ3v) is 3.32. The molecule has 0 aromatic heterocycles. The van der Waals surface area contributed by atoms with Crippen LogP contribution in [-0.4, -0.2) is 29.6 Å². The number of amides is 1. The zero-order valence-corrected chi connectivity index (χ0v) is 13.0. The van der Waals surface area contributed by atoms with Crippen molar-refractivity contribution in [3.8, 4) is 0 Å². The molecular weight excluding hydrogens is 292 g/mol. The van der Waals surface area contributed by atoms with Crippen LogP contribution in [0.3, 0.4) is 0 Å². The van der Waals surface area contributed by atoms with Gasteiger partial charge in [-0.05, 0) is 24.0 Å². The lowest BCUT2D eigenvalue weighted by Gasteiger charge is -2.16. The highest BCUT2D eigenvalue weighted by Gasteiger charge is 2.19. The van der Waals surface area contributed by atoms with Crippen LogP contribution in [0.15, 0.2) is 24.3 Å². The van der Waals surface area contributed by atoms with Gasteiger partial charge < -0.3 is 10.4 Å². The summed E-state index contributed by atoms with van der Waals surface area (Å²) in [5.41, 5.74) is 0.824. The number of aliphatic carboxylic acids is 1. The number of rotatable bonds is 8. The number of hydrogen-bond donors (Lipinski definition) is 3. The Morgan fingerprint density at radius 1 is 1.29 bits per heavy atom. The Bertz CT molecular complexity index is 492. The quantitative estimate of drug-likeness (QED) is 0.686. The molecular formula is C15H21ClN2O3. The molecule has 1 rings (SSSR count). The van der Waals surface area contributed by atoms with E-state index in [4.69, 9.17) is 16.7 Å². The van der Waals surface area contributed by atoms with E-state index in [1.165, 1.54) is 0 Å². The van der Waals surface area contributed by atoms with Crippen LogP contribution in [0, 0.1) is 5.92 Å². The minimum Gasteiger partial charge on any atom is -0.480 e. The average Bonchev–Trinajstić information content (AvgIpc) is 2.41. The van der Waals surface area contributed by atoms with Gasteiger partial charge in [-0.15, -0.1) is 0 Å². The van der Waals surface area contributed by atoms with Gasteiger partial charge in [0.1, 0.15) is 6.04 Å². The van der Waals surface area contributed by atoms with E-state index in [0.717, 1.165) is 5.56 Å². The van der Waals surface area contributed by atoms with E-state index in [1.807, 2.05) is 32.0 Å². The van der Waals surface area contributed by atoms with Gasteiger partial charge in [-0.1, -0.05) is 43.6 Å². The number of carbonyl (C=O) groups is 2. The Morgan fingerprint density at radius 2 is 1.95 bits per heavy atom. The molecule has 0 aliphatic rings. The second-order valence-electron chi connectivity index (χ2n) is 5.27. The van der Waals surface area contributed by atoms with Crippen LogP contribution in [0.25, 0.3) is 0 Å². The van der Waals surface area contributed by atoms with Gasteiger partial charge in [0.25, 0.3) is 0 Å². The summed E-state index contributed by atoms with van der Waals surface area (Å²) >= 11 is 5.99. The number of carboxylic acid groups (broad SMARTS) is 1. The van der Waals surface area contributed by atoms with Crippen molar-refractivity contribution >= 4 is 23.5 Å². The Balaban J connectivity index is 2.39. The van der Waals surface area contributed by atoms with Gasteiger partial charge in [0.15, 0.2) is 0 Å². The van der Waals surface area contributed by atoms with Gasteiger partial charge in [-0.2, -0.15) is 0 Å². The molecule has 0 saturated heterocycles. The van der Waals surface area contributed by atoms with Crippen molar-refractivity contribution < 1.29 is 14.7 Å². The van der Waals surface area contributed by atoms with E-state index in [-0.39, 0.29) is 18.4 Å². The van der Waals surface area contributed by atoms with Crippen molar-refractivity contribution in [2.45, 2.75) is 32.9 Å². The average molecular weight is 313 g/mol. The number of halogens is 1. The highest BCUT2D eigenvalue weighted by atomic mass is 35.5. The fraction of sp³-hybridized carbons (Fsp3) is 0.467. The standard InChI is InChI=1S/C15H21ClN2O3/c1-10(2)7-13(15(20)21)17-9-14(19)18-8-11-5-3-4-6-12(11)16/h3-6,10,13,17H,7-9H2,1-2H3,(H,18,19)(H,20,21). The fourth-order valence-corrected chi connectivity index (χ4v) is 2.06. The summed E-state index contributed by atoms with van der Waals surface area (Å²) < 4.78 is 0. The summed E-state index contributed by atoms with van der Waals surface area (Å²) in [4.78, 5) is 22.8. The molecule has 0 aliphatic carbocycles. The maximum absolute atomic E-state index is 11.7. The van der Waals surface area contributed by atoms with Gasteiger partial charge in [-0.3, -0.25) is 14.9 Å². The van der Waals surface area contributed by atoms with Crippen molar-refractivity contribution in [2.75, 3.05) is 6.54 Å². The molecule has 5 nitrogen and oxygen atoms in total. The maximum Gasteiger partial charge on any atom is 0.320 e. The van der Waals surface area contributed by atoms with Crippen molar-refractivity contribution in [2.24, 2.45) is 5.92 Å². The Hall–Kier alpha value is -1.59. The lowest BCUT2D eigenvalue weighted by atomic mass is 10.0. The minimum atomic E-state index is -0.942. The highest BCUT2D eigenvalue weighted by Crippen LogP contribution is 2.14. The number of nitrogens with one attached hydrogen (secondary N) is 2. The molecule has 0 heterocycles. The molecule has 1 aromatic rings. The Labute approximate surface area is 129 Å². The number of benzene rings is 1. The molecule has 0 radical (unpaired) electrons. The van der Waals surface area contributed by atoms with Gasteiger partial charge in [0, 0.05) is 11.6 Å². The van der Waals surface area contributed by atoms with Gasteiger partial charge in [0.05, 0.1) is 6.54 Å².